The maximum atomic E-state index is 12.3. The van der Waals surface area contributed by atoms with Gasteiger partial charge in [0.25, 0.3) is 0 Å². The second-order valence-corrected chi connectivity index (χ2v) is 2.31. The zero-order valence-electron chi connectivity index (χ0n) is 6.53. The smallest absolute Gasteiger partial charge is 0.335 e. The Hall–Kier alpha value is -0.390. The summed E-state index contributed by atoms with van der Waals surface area (Å²) >= 11 is 0. The highest BCUT2D eigenvalue weighted by Gasteiger charge is 2.51. The third-order valence-corrected chi connectivity index (χ3v) is 1.34. The Kier molecular flexibility index (Phi) is 3.89. The summed E-state index contributed by atoms with van der Waals surface area (Å²) in [5.41, 5.74) is 0. The lowest BCUT2D eigenvalue weighted by molar-refractivity contribution is -0.214. The summed E-state index contributed by atoms with van der Waals surface area (Å²) in [5.74, 6) is -4.44. The van der Waals surface area contributed by atoms with Crippen LogP contribution in [0.15, 0.2) is 0 Å². The molecule has 0 aromatic carbocycles. The monoisotopic (exact) mass is 192 g/mol. The highest BCUT2D eigenvalue weighted by Crippen LogP contribution is 2.31. The van der Waals surface area contributed by atoms with E-state index in [2.05, 4.69) is 4.74 Å². The van der Waals surface area contributed by atoms with E-state index >= 15 is 0 Å². The van der Waals surface area contributed by atoms with Gasteiger partial charge in [-0.05, 0) is 6.92 Å². The van der Waals surface area contributed by atoms with Crippen LogP contribution in [0.3, 0.4) is 0 Å². The zero-order chi connectivity index (χ0) is 9.94. The van der Waals surface area contributed by atoms with E-state index in [1.165, 1.54) is 0 Å². The number of rotatable bonds is 4. The minimum Gasteiger partial charge on any atom is -0.372 e. The summed E-state index contributed by atoms with van der Waals surface area (Å²) in [6.45, 7) is 0.741. The summed E-state index contributed by atoms with van der Waals surface area (Å²) in [7, 11) is 0.761. The van der Waals surface area contributed by atoms with Gasteiger partial charge in [0.1, 0.15) is 6.17 Å². The third-order valence-electron chi connectivity index (χ3n) is 1.34. The van der Waals surface area contributed by atoms with Gasteiger partial charge in [0, 0.05) is 7.11 Å². The minimum absolute atomic E-state index is 0.741. The van der Waals surface area contributed by atoms with E-state index in [9.17, 15) is 22.0 Å². The van der Waals surface area contributed by atoms with Crippen LogP contribution >= 0.6 is 0 Å². The number of hydrogen-bond donors (Lipinski definition) is 0. The fourth-order valence-electron chi connectivity index (χ4n) is 0.775. The van der Waals surface area contributed by atoms with E-state index < -0.39 is 24.6 Å². The average molecular weight is 192 g/mol. The first-order valence-corrected chi connectivity index (χ1v) is 3.16. The lowest BCUT2D eigenvalue weighted by Gasteiger charge is -2.25. The van der Waals surface area contributed by atoms with Crippen LogP contribution in [0, 0.1) is 0 Å². The van der Waals surface area contributed by atoms with Gasteiger partial charge in [-0.1, -0.05) is 0 Å². The van der Waals surface area contributed by atoms with E-state index in [0.717, 1.165) is 14.0 Å². The molecule has 0 heterocycles. The lowest BCUT2D eigenvalue weighted by atomic mass is 10.1. The molecule has 2 unspecified atom stereocenters. The average Bonchev–Trinajstić information content (AvgIpc) is 1.86. The van der Waals surface area contributed by atoms with Crippen LogP contribution in [0.25, 0.3) is 0 Å². The van der Waals surface area contributed by atoms with Gasteiger partial charge in [-0.25, -0.2) is 13.2 Å². The molecule has 74 valence electrons. The largest absolute Gasteiger partial charge is 0.372 e. The van der Waals surface area contributed by atoms with Crippen molar-refractivity contribution >= 4 is 0 Å². The Morgan fingerprint density at radius 3 is 1.67 bits per heavy atom. The predicted molar refractivity (Wildman–Crippen MR) is 32.3 cm³/mol. The molecule has 2 atom stereocenters. The van der Waals surface area contributed by atoms with E-state index in [1.807, 2.05) is 0 Å². The van der Waals surface area contributed by atoms with Gasteiger partial charge in [0.2, 0.25) is 0 Å². The Labute approximate surface area is 66.5 Å². The first-order valence-electron chi connectivity index (χ1n) is 3.16. The molecular formula is C6H9F5O. The topological polar surface area (TPSA) is 9.23 Å². The molecule has 6 heteroatoms. The second-order valence-electron chi connectivity index (χ2n) is 2.31. The van der Waals surface area contributed by atoms with Crippen LogP contribution in [0.5, 0.6) is 0 Å². The molecule has 1 nitrogen and oxygen atoms in total. The van der Waals surface area contributed by atoms with Crippen molar-refractivity contribution in [2.24, 2.45) is 0 Å². The molecule has 0 aromatic heterocycles. The number of methoxy groups -OCH3 is 1. The molecule has 0 aliphatic carbocycles. The summed E-state index contributed by atoms with van der Waals surface area (Å²) < 4.78 is 64.1. The first kappa shape index (κ1) is 11.6. The third kappa shape index (κ3) is 2.30. The first-order chi connectivity index (χ1) is 5.34. The number of halogens is 5. The summed E-state index contributed by atoms with van der Waals surface area (Å²) in [5, 5.41) is 0. The van der Waals surface area contributed by atoms with Crippen LogP contribution < -0.4 is 0 Å². The molecule has 0 spiro atoms. The van der Waals surface area contributed by atoms with E-state index in [1.54, 1.807) is 0 Å². The fraction of sp³-hybridized carbons (Fsp3) is 1.00. The Bertz CT molecular complexity index is 136. The molecule has 0 radical (unpaired) electrons. The van der Waals surface area contributed by atoms with Crippen molar-refractivity contribution in [3.05, 3.63) is 0 Å². The van der Waals surface area contributed by atoms with E-state index in [-0.39, 0.29) is 0 Å². The zero-order valence-corrected chi connectivity index (χ0v) is 6.53. The predicted octanol–water partition coefficient (Wildman–Crippen LogP) is 2.26. The van der Waals surface area contributed by atoms with Crippen LogP contribution in [-0.2, 0) is 4.74 Å². The van der Waals surface area contributed by atoms with Gasteiger partial charge in [-0.2, -0.15) is 8.78 Å². The van der Waals surface area contributed by atoms with Crippen molar-refractivity contribution in [3.8, 4) is 0 Å². The molecule has 0 amide bonds. The van der Waals surface area contributed by atoms with Crippen LogP contribution in [0.1, 0.15) is 6.92 Å². The molecule has 0 aliphatic rings. The van der Waals surface area contributed by atoms with E-state index in [4.69, 9.17) is 0 Å². The van der Waals surface area contributed by atoms with Gasteiger partial charge in [0.05, 0.1) is 0 Å². The lowest BCUT2D eigenvalue weighted by Crippen LogP contribution is -2.46. The summed E-state index contributed by atoms with van der Waals surface area (Å²) in [6.07, 6.45) is -8.45. The van der Waals surface area contributed by atoms with Crippen molar-refractivity contribution in [2.75, 3.05) is 7.11 Å². The Morgan fingerprint density at radius 1 is 1.17 bits per heavy atom. The molecule has 0 bridgehead atoms. The standard InChI is InChI=1S/C6H9F5O/c1-3(7)4(12-2)6(10,11)5(8)9/h3-5H,1-2H3. The van der Waals surface area contributed by atoms with Crippen molar-refractivity contribution in [1.82, 2.24) is 0 Å². The minimum atomic E-state index is -4.44. The van der Waals surface area contributed by atoms with Gasteiger partial charge >= 0.3 is 12.3 Å². The molecular weight excluding hydrogens is 183 g/mol. The van der Waals surface area contributed by atoms with Crippen molar-refractivity contribution in [3.63, 3.8) is 0 Å². The van der Waals surface area contributed by atoms with Crippen molar-refractivity contribution < 1.29 is 26.7 Å². The van der Waals surface area contributed by atoms with Crippen molar-refractivity contribution in [2.45, 2.75) is 31.5 Å². The molecule has 0 aromatic rings. The molecule has 0 aliphatic heterocycles. The SMILES string of the molecule is COC(C(C)F)C(F)(F)C(F)F. The van der Waals surface area contributed by atoms with Gasteiger partial charge in [0.15, 0.2) is 6.10 Å². The summed E-state index contributed by atoms with van der Waals surface area (Å²) in [6, 6.07) is 0. The second kappa shape index (κ2) is 4.02. The van der Waals surface area contributed by atoms with Crippen molar-refractivity contribution in [1.29, 1.82) is 0 Å². The molecule has 0 fully saturated rings. The van der Waals surface area contributed by atoms with Crippen LogP contribution in [0.2, 0.25) is 0 Å². The summed E-state index contributed by atoms with van der Waals surface area (Å²) in [4.78, 5) is 0. The molecule has 12 heavy (non-hydrogen) atoms. The maximum Gasteiger partial charge on any atom is 0.335 e. The number of hydrogen-bond acceptors (Lipinski definition) is 1. The highest BCUT2D eigenvalue weighted by molar-refractivity contribution is 4.84. The molecule has 0 saturated heterocycles. The van der Waals surface area contributed by atoms with Crippen LogP contribution in [-0.4, -0.2) is 31.7 Å². The van der Waals surface area contributed by atoms with E-state index in [0.29, 0.717) is 0 Å². The normalized spacial score (nSPS) is 18.0. The van der Waals surface area contributed by atoms with Gasteiger partial charge < -0.3 is 4.74 Å². The maximum absolute atomic E-state index is 12.3. The Morgan fingerprint density at radius 2 is 1.58 bits per heavy atom. The molecule has 0 saturated carbocycles. The highest BCUT2D eigenvalue weighted by atomic mass is 19.3. The molecule has 0 rings (SSSR count). The quantitative estimate of drug-likeness (QED) is 0.621. The molecule has 0 N–H and O–H groups in total. The van der Waals surface area contributed by atoms with Crippen LogP contribution in [0.4, 0.5) is 22.0 Å². The fourth-order valence-corrected chi connectivity index (χ4v) is 0.775. The number of alkyl halides is 5. The van der Waals surface area contributed by atoms with Gasteiger partial charge in [-0.15, -0.1) is 0 Å². The number of ether oxygens (including phenoxy) is 1. The Balaban J connectivity index is 4.47. The van der Waals surface area contributed by atoms with Gasteiger partial charge in [-0.3, -0.25) is 0 Å².